The van der Waals surface area contributed by atoms with E-state index in [1.54, 1.807) is 0 Å². The van der Waals surface area contributed by atoms with Crippen LogP contribution in [0.3, 0.4) is 0 Å². The molecule has 0 unspecified atom stereocenters. The van der Waals surface area contributed by atoms with Gasteiger partial charge in [-0.1, -0.05) is 79.8 Å². The topological polar surface area (TPSA) is 55.4 Å². The number of nitrogens with one attached hydrogen (secondary N) is 1. The minimum atomic E-state index is -0.859. The second kappa shape index (κ2) is 23.0. The Morgan fingerprint density at radius 3 is 1.60 bits per heavy atom. The van der Waals surface area contributed by atoms with E-state index in [4.69, 9.17) is 11.6 Å². The van der Waals surface area contributed by atoms with Crippen molar-refractivity contribution in [2.75, 3.05) is 13.2 Å². The van der Waals surface area contributed by atoms with Gasteiger partial charge in [-0.25, -0.2) is 4.79 Å². The predicted octanol–water partition coefficient (Wildman–Crippen LogP) is 6.96. The van der Waals surface area contributed by atoms with Crippen molar-refractivity contribution in [1.29, 1.82) is 0 Å². The van der Waals surface area contributed by atoms with Crippen LogP contribution in [0.5, 0.6) is 0 Å². The number of halogens is 1. The molecule has 4 nitrogen and oxygen atoms in total. The lowest BCUT2D eigenvalue weighted by atomic mass is 10.2. The minimum absolute atomic E-state index is 0.0693. The first-order valence-corrected chi connectivity index (χ1v) is 11.0. The van der Waals surface area contributed by atoms with Crippen LogP contribution in [-0.4, -0.2) is 24.5 Å². The third-order valence-corrected chi connectivity index (χ3v) is 3.88. The van der Waals surface area contributed by atoms with Gasteiger partial charge in [0.2, 0.25) is 5.91 Å². The number of hydrogen-bond donors (Lipinski definition) is 1. The molecule has 0 heterocycles. The van der Waals surface area contributed by atoms with E-state index in [-0.39, 0.29) is 19.1 Å². The standard InChI is InChI=1S/C25H36ClNO3/c1-2-3-4-5-6-7-8-9-10-11-12-13-14-15-16-17-18-19-20-21-24(28)27-22-23-30-25(26)29/h3-4,6-7,9-10,12-13,15-16,18-19H,2,5,8,11,14,17,20-23H2,1H3,(H,27,28). The van der Waals surface area contributed by atoms with E-state index in [2.05, 4.69) is 83.8 Å². The number of hydrogen-bond acceptors (Lipinski definition) is 3. The number of allylic oxidation sites excluding steroid dienone is 12. The van der Waals surface area contributed by atoms with Gasteiger partial charge in [-0.3, -0.25) is 4.79 Å². The van der Waals surface area contributed by atoms with Crippen LogP contribution in [0, 0.1) is 0 Å². The van der Waals surface area contributed by atoms with Crippen LogP contribution >= 0.6 is 11.6 Å². The minimum Gasteiger partial charge on any atom is -0.452 e. The van der Waals surface area contributed by atoms with E-state index < -0.39 is 5.43 Å². The van der Waals surface area contributed by atoms with Gasteiger partial charge >= 0.3 is 5.43 Å². The molecule has 30 heavy (non-hydrogen) atoms. The largest absolute Gasteiger partial charge is 0.452 e. The maximum Gasteiger partial charge on any atom is 0.403 e. The molecule has 166 valence electrons. The highest BCUT2D eigenvalue weighted by molar-refractivity contribution is 6.61. The van der Waals surface area contributed by atoms with Crippen molar-refractivity contribution in [3.8, 4) is 0 Å². The van der Waals surface area contributed by atoms with Gasteiger partial charge < -0.3 is 10.1 Å². The molecule has 0 aliphatic rings. The average molecular weight is 434 g/mol. The average Bonchev–Trinajstić information content (AvgIpc) is 2.72. The molecule has 0 saturated carbocycles. The zero-order chi connectivity index (χ0) is 22.1. The van der Waals surface area contributed by atoms with E-state index >= 15 is 0 Å². The van der Waals surface area contributed by atoms with Crippen LogP contribution in [0.25, 0.3) is 0 Å². The Hall–Kier alpha value is -2.33. The molecule has 0 aliphatic heterocycles. The van der Waals surface area contributed by atoms with E-state index in [1.165, 1.54) is 0 Å². The summed E-state index contributed by atoms with van der Waals surface area (Å²) in [6, 6.07) is 0. The highest BCUT2D eigenvalue weighted by Gasteiger charge is 1.99. The summed E-state index contributed by atoms with van der Waals surface area (Å²) in [5.74, 6) is -0.0693. The molecular weight excluding hydrogens is 398 g/mol. The second-order valence-electron chi connectivity index (χ2n) is 6.39. The summed E-state index contributed by atoms with van der Waals surface area (Å²) in [6.07, 6.45) is 32.8. The van der Waals surface area contributed by atoms with Gasteiger partial charge in [0, 0.05) is 18.0 Å². The first-order valence-electron chi connectivity index (χ1n) is 10.7. The Morgan fingerprint density at radius 1 is 0.733 bits per heavy atom. The highest BCUT2D eigenvalue weighted by Crippen LogP contribution is 1.98. The number of rotatable bonds is 17. The summed E-state index contributed by atoms with van der Waals surface area (Å²) in [7, 11) is 0. The van der Waals surface area contributed by atoms with Crippen molar-refractivity contribution in [2.45, 2.75) is 58.3 Å². The van der Waals surface area contributed by atoms with Crippen molar-refractivity contribution in [1.82, 2.24) is 5.32 Å². The fourth-order valence-corrected chi connectivity index (χ4v) is 2.34. The maximum atomic E-state index is 11.5. The SMILES string of the molecule is CCC=CCC=CCC=CCC=CCC=CCC=CCCC(=O)NCCOC(=O)Cl. The van der Waals surface area contributed by atoms with Gasteiger partial charge in [0.05, 0.1) is 6.54 Å². The lowest BCUT2D eigenvalue weighted by Crippen LogP contribution is -2.27. The lowest BCUT2D eigenvalue weighted by molar-refractivity contribution is -0.121. The molecule has 0 rings (SSSR count). The van der Waals surface area contributed by atoms with Crippen LogP contribution < -0.4 is 5.32 Å². The third kappa shape index (κ3) is 23.7. The fraction of sp³-hybridized carbons (Fsp3) is 0.440. The number of carbonyl (C=O) groups is 2. The summed E-state index contributed by atoms with van der Waals surface area (Å²) >= 11 is 5.02. The smallest absolute Gasteiger partial charge is 0.403 e. The van der Waals surface area contributed by atoms with Crippen LogP contribution in [0.4, 0.5) is 4.79 Å². The Morgan fingerprint density at radius 2 is 1.17 bits per heavy atom. The molecule has 0 aromatic carbocycles. The van der Waals surface area contributed by atoms with Crippen LogP contribution in [0.2, 0.25) is 0 Å². The van der Waals surface area contributed by atoms with Gasteiger partial charge in [-0.15, -0.1) is 0 Å². The van der Waals surface area contributed by atoms with Crippen molar-refractivity contribution >= 4 is 22.9 Å². The van der Waals surface area contributed by atoms with E-state index in [1.807, 2.05) is 6.08 Å². The van der Waals surface area contributed by atoms with E-state index in [0.29, 0.717) is 12.8 Å². The molecule has 0 saturated heterocycles. The highest BCUT2D eigenvalue weighted by atomic mass is 35.5. The summed E-state index contributed by atoms with van der Waals surface area (Å²) in [4.78, 5) is 21.9. The van der Waals surface area contributed by atoms with Crippen molar-refractivity contribution in [3.05, 3.63) is 72.9 Å². The molecule has 0 aliphatic carbocycles. The van der Waals surface area contributed by atoms with Crippen molar-refractivity contribution in [2.24, 2.45) is 0 Å². The van der Waals surface area contributed by atoms with E-state index in [0.717, 1.165) is 38.5 Å². The van der Waals surface area contributed by atoms with Gasteiger partial charge in [0.25, 0.3) is 0 Å². The van der Waals surface area contributed by atoms with Crippen LogP contribution in [-0.2, 0) is 9.53 Å². The van der Waals surface area contributed by atoms with Crippen molar-refractivity contribution in [3.63, 3.8) is 0 Å². The maximum absolute atomic E-state index is 11.5. The third-order valence-electron chi connectivity index (χ3n) is 3.77. The number of ether oxygens (including phenoxy) is 1. The molecule has 5 heteroatoms. The monoisotopic (exact) mass is 433 g/mol. The van der Waals surface area contributed by atoms with Crippen molar-refractivity contribution < 1.29 is 14.3 Å². The number of carbonyl (C=O) groups excluding carboxylic acids is 2. The number of amides is 1. The Bertz CT molecular complexity index is 616. The van der Waals surface area contributed by atoms with Crippen LogP contribution in [0.15, 0.2) is 72.9 Å². The summed E-state index contributed by atoms with van der Waals surface area (Å²) < 4.78 is 4.51. The van der Waals surface area contributed by atoms with Crippen LogP contribution in [0.1, 0.15) is 58.3 Å². The molecule has 0 aromatic heterocycles. The molecule has 0 bridgehead atoms. The Balaban J connectivity index is 3.56. The quantitative estimate of drug-likeness (QED) is 0.153. The molecule has 0 aromatic rings. The van der Waals surface area contributed by atoms with Gasteiger partial charge in [0.15, 0.2) is 0 Å². The lowest BCUT2D eigenvalue weighted by Gasteiger charge is -2.03. The molecular formula is C25H36ClNO3. The Kier molecular flexibility index (Phi) is 21.2. The zero-order valence-electron chi connectivity index (χ0n) is 18.1. The first kappa shape index (κ1) is 27.7. The molecule has 0 spiro atoms. The molecule has 1 N–H and O–H groups in total. The normalized spacial score (nSPS) is 12.5. The molecule has 0 atom stereocenters. The molecule has 0 radical (unpaired) electrons. The van der Waals surface area contributed by atoms with Gasteiger partial charge in [-0.05, 0) is 44.9 Å². The fourth-order valence-electron chi connectivity index (χ4n) is 2.26. The Labute approximate surface area is 187 Å². The summed E-state index contributed by atoms with van der Waals surface area (Å²) in [5, 5.41) is 2.66. The summed E-state index contributed by atoms with van der Waals surface area (Å²) in [5.41, 5.74) is -0.859. The zero-order valence-corrected chi connectivity index (χ0v) is 18.9. The first-order chi connectivity index (χ1) is 14.7. The summed E-state index contributed by atoms with van der Waals surface area (Å²) in [6.45, 7) is 2.51. The predicted molar refractivity (Wildman–Crippen MR) is 128 cm³/mol. The second-order valence-corrected chi connectivity index (χ2v) is 6.70. The molecule has 1 amide bonds. The van der Waals surface area contributed by atoms with Gasteiger partial charge in [-0.2, -0.15) is 0 Å². The van der Waals surface area contributed by atoms with E-state index in [9.17, 15) is 9.59 Å². The van der Waals surface area contributed by atoms with Gasteiger partial charge in [0.1, 0.15) is 6.61 Å². The molecule has 0 fully saturated rings.